The van der Waals surface area contributed by atoms with E-state index in [0.29, 0.717) is 29.6 Å². The molecule has 0 saturated heterocycles. The van der Waals surface area contributed by atoms with Gasteiger partial charge in [0.1, 0.15) is 0 Å². The van der Waals surface area contributed by atoms with Gasteiger partial charge in [-0.3, -0.25) is 4.79 Å². The Morgan fingerprint density at radius 3 is 2.41 bits per heavy atom. The van der Waals surface area contributed by atoms with Crippen LogP contribution in [0.15, 0.2) is 0 Å². The van der Waals surface area contributed by atoms with Gasteiger partial charge < -0.3 is 10.4 Å². The van der Waals surface area contributed by atoms with Gasteiger partial charge in [-0.25, -0.2) is 0 Å². The Morgan fingerprint density at radius 1 is 1.12 bits per heavy atom. The molecular weight excluding hydrogens is 214 g/mol. The number of hydrogen-bond donors (Lipinski definition) is 2. The molecule has 0 heterocycles. The van der Waals surface area contributed by atoms with Crippen LogP contribution in [0.1, 0.15) is 44.9 Å². The van der Waals surface area contributed by atoms with E-state index in [1.165, 1.54) is 25.7 Å². The van der Waals surface area contributed by atoms with E-state index < -0.39 is 0 Å². The van der Waals surface area contributed by atoms with Crippen molar-refractivity contribution in [1.82, 2.24) is 5.32 Å². The van der Waals surface area contributed by atoms with Crippen molar-refractivity contribution < 1.29 is 9.90 Å². The topological polar surface area (TPSA) is 49.3 Å². The molecule has 0 bridgehead atoms. The third-order valence-corrected chi connectivity index (χ3v) is 5.04. The minimum Gasteiger partial charge on any atom is -0.393 e. The summed E-state index contributed by atoms with van der Waals surface area (Å²) < 4.78 is 0. The summed E-state index contributed by atoms with van der Waals surface area (Å²) in [6, 6.07) is 0. The summed E-state index contributed by atoms with van der Waals surface area (Å²) in [6.45, 7) is 0.784. The van der Waals surface area contributed by atoms with Crippen LogP contribution in [-0.2, 0) is 4.79 Å². The molecule has 3 rings (SSSR count). The Labute approximate surface area is 103 Å². The minimum absolute atomic E-state index is 0.125. The number of aliphatic hydroxyl groups is 1. The number of carbonyl (C=O) groups excluding carboxylic acids is 1. The second-order valence-electron chi connectivity index (χ2n) is 6.22. The Balaban J connectivity index is 1.42. The van der Waals surface area contributed by atoms with Gasteiger partial charge in [0.25, 0.3) is 0 Å². The molecule has 0 aromatic carbocycles. The van der Waals surface area contributed by atoms with E-state index in [2.05, 4.69) is 5.32 Å². The average molecular weight is 237 g/mol. The molecule has 0 aromatic rings. The third-order valence-electron chi connectivity index (χ3n) is 5.04. The molecule has 3 heteroatoms. The maximum Gasteiger partial charge on any atom is 0.223 e. The normalized spacial score (nSPS) is 44.2. The van der Waals surface area contributed by atoms with Gasteiger partial charge in [-0.2, -0.15) is 0 Å². The molecule has 3 nitrogen and oxygen atoms in total. The van der Waals surface area contributed by atoms with Crippen LogP contribution in [-0.4, -0.2) is 23.7 Å². The number of aliphatic hydroxyl groups excluding tert-OH is 1. The van der Waals surface area contributed by atoms with E-state index in [-0.39, 0.29) is 6.10 Å². The van der Waals surface area contributed by atoms with Gasteiger partial charge in [-0.05, 0) is 49.9 Å². The van der Waals surface area contributed by atoms with Crippen molar-refractivity contribution in [3.63, 3.8) is 0 Å². The van der Waals surface area contributed by atoms with Crippen molar-refractivity contribution in [1.29, 1.82) is 0 Å². The van der Waals surface area contributed by atoms with Gasteiger partial charge in [-0.15, -0.1) is 0 Å². The molecule has 3 aliphatic rings. The van der Waals surface area contributed by atoms with Crippen molar-refractivity contribution in [3.8, 4) is 0 Å². The monoisotopic (exact) mass is 237 g/mol. The lowest BCUT2D eigenvalue weighted by Crippen LogP contribution is -2.30. The zero-order valence-corrected chi connectivity index (χ0v) is 10.4. The first-order valence-electron chi connectivity index (χ1n) is 7.21. The largest absolute Gasteiger partial charge is 0.393 e. The average Bonchev–Trinajstić information content (AvgIpc) is 2.93. The molecule has 4 unspecified atom stereocenters. The minimum atomic E-state index is -0.125. The first-order valence-corrected chi connectivity index (χ1v) is 7.21. The Hall–Kier alpha value is -0.570. The zero-order chi connectivity index (χ0) is 11.8. The number of amides is 1. The van der Waals surface area contributed by atoms with E-state index in [0.717, 1.165) is 25.8 Å². The van der Waals surface area contributed by atoms with Crippen molar-refractivity contribution >= 4 is 5.91 Å². The highest BCUT2D eigenvalue weighted by Gasteiger charge is 2.54. The lowest BCUT2D eigenvalue weighted by atomic mass is 10.0. The second-order valence-corrected chi connectivity index (χ2v) is 6.22. The van der Waals surface area contributed by atoms with Crippen LogP contribution in [0.5, 0.6) is 0 Å². The van der Waals surface area contributed by atoms with Crippen LogP contribution >= 0.6 is 0 Å². The van der Waals surface area contributed by atoms with Crippen molar-refractivity contribution in [2.75, 3.05) is 6.54 Å². The number of nitrogens with one attached hydrogen (secondary N) is 1. The molecule has 0 spiro atoms. The summed E-state index contributed by atoms with van der Waals surface area (Å²) in [5, 5.41) is 12.6. The summed E-state index contributed by atoms with van der Waals surface area (Å²) in [7, 11) is 0. The quantitative estimate of drug-likeness (QED) is 0.785. The zero-order valence-electron chi connectivity index (χ0n) is 10.4. The number of fused-ring (bicyclic) bond motifs is 1. The third kappa shape index (κ3) is 2.35. The van der Waals surface area contributed by atoms with Crippen LogP contribution in [0.25, 0.3) is 0 Å². The summed E-state index contributed by atoms with van der Waals surface area (Å²) in [6.07, 6.45) is 7.90. The van der Waals surface area contributed by atoms with Gasteiger partial charge in [0.15, 0.2) is 0 Å². The SMILES string of the molecule is O=C(NCC1CCC(O)C1)C1C2CCCCC21. The first-order chi connectivity index (χ1) is 8.25. The van der Waals surface area contributed by atoms with Crippen molar-refractivity contribution in [3.05, 3.63) is 0 Å². The molecule has 0 radical (unpaired) electrons. The van der Waals surface area contributed by atoms with E-state index >= 15 is 0 Å². The molecule has 0 aromatic heterocycles. The van der Waals surface area contributed by atoms with Crippen LogP contribution < -0.4 is 5.32 Å². The first kappa shape index (κ1) is 11.5. The van der Waals surface area contributed by atoms with E-state index in [1.54, 1.807) is 0 Å². The highest BCUT2D eigenvalue weighted by Crippen LogP contribution is 2.55. The van der Waals surface area contributed by atoms with Crippen LogP contribution in [0.2, 0.25) is 0 Å². The Kier molecular flexibility index (Phi) is 3.12. The van der Waals surface area contributed by atoms with Crippen LogP contribution in [0.4, 0.5) is 0 Å². The Bertz CT molecular complexity index is 293. The molecule has 96 valence electrons. The van der Waals surface area contributed by atoms with Crippen LogP contribution in [0, 0.1) is 23.7 Å². The smallest absolute Gasteiger partial charge is 0.223 e. The van der Waals surface area contributed by atoms with E-state index in [9.17, 15) is 9.90 Å². The maximum atomic E-state index is 12.0. The molecule has 2 N–H and O–H groups in total. The molecule has 3 fully saturated rings. The number of hydrogen-bond acceptors (Lipinski definition) is 2. The van der Waals surface area contributed by atoms with Gasteiger partial charge in [0.2, 0.25) is 5.91 Å². The van der Waals surface area contributed by atoms with E-state index in [4.69, 9.17) is 0 Å². The molecule has 1 amide bonds. The molecule has 4 atom stereocenters. The molecule has 17 heavy (non-hydrogen) atoms. The maximum absolute atomic E-state index is 12.0. The van der Waals surface area contributed by atoms with Gasteiger partial charge >= 0.3 is 0 Å². The van der Waals surface area contributed by atoms with Gasteiger partial charge in [-0.1, -0.05) is 12.8 Å². The van der Waals surface area contributed by atoms with Gasteiger partial charge in [0.05, 0.1) is 6.10 Å². The number of rotatable bonds is 3. The van der Waals surface area contributed by atoms with Gasteiger partial charge in [0, 0.05) is 12.5 Å². The predicted octanol–water partition coefficient (Wildman–Crippen LogP) is 1.70. The molecule has 0 aliphatic heterocycles. The molecular formula is C14H23NO2. The molecule has 3 saturated carbocycles. The summed E-state index contributed by atoms with van der Waals surface area (Å²) in [5.74, 6) is 2.55. The van der Waals surface area contributed by atoms with Crippen molar-refractivity contribution in [2.45, 2.75) is 51.0 Å². The fourth-order valence-corrected chi connectivity index (χ4v) is 3.98. The fourth-order valence-electron chi connectivity index (χ4n) is 3.98. The fraction of sp³-hybridized carbons (Fsp3) is 0.929. The standard InChI is InChI=1S/C14H23NO2/c16-10-6-5-9(7-10)8-15-14(17)13-11-3-1-2-4-12(11)13/h9-13,16H,1-8H2,(H,15,17). The Morgan fingerprint density at radius 2 is 1.82 bits per heavy atom. The summed E-state index contributed by atoms with van der Waals surface area (Å²) >= 11 is 0. The highest BCUT2D eigenvalue weighted by molar-refractivity contribution is 5.82. The number of carbonyl (C=O) groups is 1. The molecule has 3 aliphatic carbocycles. The van der Waals surface area contributed by atoms with E-state index in [1.807, 2.05) is 0 Å². The second kappa shape index (κ2) is 4.60. The lowest BCUT2D eigenvalue weighted by molar-refractivity contribution is -0.123. The predicted molar refractivity (Wildman–Crippen MR) is 65.3 cm³/mol. The lowest BCUT2D eigenvalue weighted by Gasteiger charge is -2.10. The summed E-state index contributed by atoms with van der Waals surface area (Å²) in [4.78, 5) is 12.0. The van der Waals surface area contributed by atoms with Crippen molar-refractivity contribution in [2.24, 2.45) is 23.7 Å². The highest BCUT2D eigenvalue weighted by atomic mass is 16.3. The summed E-state index contributed by atoms with van der Waals surface area (Å²) in [5.41, 5.74) is 0. The van der Waals surface area contributed by atoms with Crippen LogP contribution in [0.3, 0.4) is 0 Å².